The molecule has 2 rings (SSSR count). The van der Waals surface area contributed by atoms with Gasteiger partial charge in [-0.05, 0) is 18.6 Å². The molecule has 0 radical (unpaired) electrons. The van der Waals surface area contributed by atoms with E-state index >= 15 is 0 Å². The number of hydrogen-bond donors (Lipinski definition) is 1. The summed E-state index contributed by atoms with van der Waals surface area (Å²) in [6.07, 6.45) is 4.09. The molecule has 0 bridgehead atoms. The van der Waals surface area contributed by atoms with E-state index in [1.54, 1.807) is 6.92 Å². The summed E-state index contributed by atoms with van der Waals surface area (Å²) in [5.41, 5.74) is 0.0717. The molecule has 8 heteroatoms. The number of amides is 1. The summed E-state index contributed by atoms with van der Waals surface area (Å²) in [7, 11) is 2.87. The molecule has 1 amide bonds. The molecule has 1 aromatic carbocycles. The Balaban J connectivity index is 2.17. The maximum atomic E-state index is 12.3. The molecule has 8 nitrogen and oxygen atoms in total. The van der Waals surface area contributed by atoms with Gasteiger partial charge in [-0.3, -0.25) is 14.2 Å². The first-order chi connectivity index (χ1) is 13.3. The molecule has 148 valence electrons. The van der Waals surface area contributed by atoms with Crippen molar-refractivity contribution in [2.24, 2.45) is 14.1 Å². The van der Waals surface area contributed by atoms with Crippen molar-refractivity contribution in [3.63, 3.8) is 0 Å². The van der Waals surface area contributed by atoms with Gasteiger partial charge in [0.2, 0.25) is 5.91 Å². The van der Waals surface area contributed by atoms with Gasteiger partial charge < -0.3 is 14.6 Å². The fraction of sp³-hybridized carbons (Fsp3) is 0.300. The fourth-order valence-corrected chi connectivity index (χ4v) is 2.62. The highest BCUT2D eigenvalue weighted by Crippen LogP contribution is 2.05. The Morgan fingerprint density at radius 1 is 1.18 bits per heavy atom. The number of ether oxygens (including phenoxy) is 1. The van der Waals surface area contributed by atoms with Crippen molar-refractivity contribution in [1.29, 1.82) is 0 Å². The average molecular weight is 385 g/mol. The lowest BCUT2D eigenvalue weighted by Crippen LogP contribution is -2.42. The lowest BCUT2D eigenvalue weighted by molar-refractivity contribution is -0.146. The predicted octanol–water partition coefficient (Wildman–Crippen LogP) is 0.388. The van der Waals surface area contributed by atoms with Crippen LogP contribution in [0.2, 0.25) is 0 Å². The molecule has 2 aromatic rings. The molecule has 0 fully saturated rings. The van der Waals surface area contributed by atoms with E-state index in [0.29, 0.717) is 0 Å². The maximum absolute atomic E-state index is 12.3. The summed E-state index contributed by atoms with van der Waals surface area (Å²) >= 11 is 0. The van der Waals surface area contributed by atoms with Gasteiger partial charge in [-0.15, -0.1) is 0 Å². The zero-order valence-electron chi connectivity index (χ0n) is 16.0. The summed E-state index contributed by atoms with van der Waals surface area (Å²) in [6, 6.07) is 8.38. The molecule has 0 spiro atoms. The van der Waals surface area contributed by atoms with Crippen LogP contribution < -0.4 is 16.6 Å². The number of carbonyl (C=O) groups is 2. The number of esters is 1. The summed E-state index contributed by atoms with van der Waals surface area (Å²) in [4.78, 5) is 48.3. The first-order valence-electron chi connectivity index (χ1n) is 8.79. The van der Waals surface area contributed by atoms with Crippen molar-refractivity contribution in [3.8, 4) is 0 Å². The van der Waals surface area contributed by atoms with Crippen LogP contribution in [0.3, 0.4) is 0 Å². The number of nitrogens with one attached hydrogen (secondary N) is 1. The predicted molar refractivity (Wildman–Crippen MR) is 105 cm³/mol. The minimum Gasteiger partial charge on any atom is -0.464 e. The third-order valence-corrected chi connectivity index (χ3v) is 4.06. The average Bonchev–Trinajstić information content (AvgIpc) is 2.68. The summed E-state index contributed by atoms with van der Waals surface area (Å²) < 4.78 is 7.23. The van der Waals surface area contributed by atoms with Crippen LogP contribution in [0, 0.1) is 0 Å². The maximum Gasteiger partial charge on any atom is 0.330 e. The summed E-state index contributed by atoms with van der Waals surface area (Å²) in [6.45, 7) is 1.89. The van der Waals surface area contributed by atoms with Crippen LogP contribution >= 0.6 is 0 Å². The largest absolute Gasteiger partial charge is 0.464 e. The van der Waals surface area contributed by atoms with Crippen LogP contribution in [0.1, 0.15) is 18.1 Å². The van der Waals surface area contributed by atoms with Gasteiger partial charge in [-0.25, -0.2) is 9.59 Å². The minimum atomic E-state index is -0.859. The third kappa shape index (κ3) is 5.29. The van der Waals surface area contributed by atoms with Crippen LogP contribution in [0.4, 0.5) is 0 Å². The number of hydrogen-bond acceptors (Lipinski definition) is 5. The second-order valence-electron chi connectivity index (χ2n) is 6.18. The third-order valence-electron chi connectivity index (χ3n) is 4.06. The van der Waals surface area contributed by atoms with Crippen molar-refractivity contribution < 1.29 is 14.3 Å². The second-order valence-corrected chi connectivity index (χ2v) is 6.18. The van der Waals surface area contributed by atoms with Crippen molar-refractivity contribution in [2.75, 3.05) is 6.61 Å². The molecule has 1 heterocycles. The van der Waals surface area contributed by atoms with Crippen molar-refractivity contribution >= 4 is 18.0 Å². The number of nitrogens with zero attached hydrogens (tertiary/aromatic N) is 2. The fourth-order valence-electron chi connectivity index (χ4n) is 2.62. The standard InChI is InChI=1S/C20H23N3O5/c1-4-28-19(26)16(12-14-8-6-5-7-9-14)21-17(24)11-10-15-13-22(2)20(27)23(3)18(15)25/h5-11,13,16H,4,12H2,1-3H3,(H,21,24). The first-order valence-corrected chi connectivity index (χ1v) is 8.79. The highest BCUT2D eigenvalue weighted by molar-refractivity contribution is 5.94. The molecular weight excluding hydrogens is 362 g/mol. The van der Waals surface area contributed by atoms with Crippen LogP contribution in [0.5, 0.6) is 0 Å². The van der Waals surface area contributed by atoms with Gasteiger partial charge in [-0.1, -0.05) is 30.3 Å². The van der Waals surface area contributed by atoms with Crippen molar-refractivity contribution in [3.05, 3.63) is 74.6 Å². The van der Waals surface area contributed by atoms with E-state index in [1.165, 1.54) is 30.9 Å². The smallest absolute Gasteiger partial charge is 0.330 e. The van der Waals surface area contributed by atoms with E-state index in [1.807, 2.05) is 30.3 Å². The highest BCUT2D eigenvalue weighted by atomic mass is 16.5. The molecule has 1 unspecified atom stereocenters. The zero-order chi connectivity index (χ0) is 20.7. The zero-order valence-corrected chi connectivity index (χ0v) is 16.0. The van der Waals surface area contributed by atoms with Gasteiger partial charge in [0.25, 0.3) is 5.56 Å². The molecule has 0 aliphatic heterocycles. The van der Waals surface area contributed by atoms with Crippen LogP contribution in [0.15, 0.2) is 52.2 Å². The topological polar surface area (TPSA) is 99.4 Å². The van der Waals surface area contributed by atoms with Crippen molar-refractivity contribution in [2.45, 2.75) is 19.4 Å². The minimum absolute atomic E-state index is 0.176. The lowest BCUT2D eigenvalue weighted by Gasteiger charge is -2.16. The Labute approximate surface area is 162 Å². The number of carbonyl (C=O) groups excluding carboxylic acids is 2. The Morgan fingerprint density at radius 2 is 1.86 bits per heavy atom. The van der Waals surface area contributed by atoms with Gasteiger partial charge in [0, 0.05) is 32.8 Å². The number of benzene rings is 1. The van der Waals surface area contributed by atoms with E-state index in [2.05, 4.69) is 5.32 Å². The SMILES string of the molecule is CCOC(=O)C(Cc1ccccc1)NC(=O)C=Cc1cn(C)c(=O)n(C)c1=O. The number of rotatable bonds is 7. The lowest BCUT2D eigenvalue weighted by atomic mass is 10.1. The van der Waals surface area contributed by atoms with Gasteiger partial charge in [0.05, 0.1) is 12.2 Å². The van der Waals surface area contributed by atoms with Gasteiger partial charge in [0.1, 0.15) is 6.04 Å². The summed E-state index contributed by atoms with van der Waals surface area (Å²) in [5.74, 6) is -1.09. The molecule has 0 aliphatic carbocycles. The quantitative estimate of drug-likeness (QED) is 0.549. The monoisotopic (exact) mass is 385 g/mol. The van der Waals surface area contributed by atoms with Gasteiger partial charge in [-0.2, -0.15) is 0 Å². The molecular formula is C20H23N3O5. The molecule has 1 aromatic heterocycles. The summed E-state index contributed by atoms with van der Waals surface area (Å²) in [5, 5.41) is 2.60. The molecule has 1 N–H and O–H groups in total. The second kappa shape index (κ2) is 9.50. The Hall–Kier alpha value is -3.42. The Bertz CT molecular complexity index is 989. The van der Waals surface area contributed by atoms with E-state index in [9.17, 15) is 19.2 Å². The van der Waals surface area contributed by atoms with E-state index in [4.69, 9.17) is 4.74 Å². The first kappa shape index (κ1) is 20.9. The number of aromatic nitrogens is 2. The molecule has 1 atom stereocenters. The Morgan fingerprint density at radius 3 is 2.50 bits per heavy atom. The normalized spacial score (nSPS) is 12.0. The Kier molecular flexibility index (Phi) is 7.08. The molecule has 28 heavy (non-hydrogen) atoms. The van der Waals surface area contributed by atoms with E-state index < -0.39 is 29.2 Å². The van der Waals surface area contributed by atoms with Gasteiger partial charge >= 0.3 is 11.7 Å². The number of aryl methyl sites for hydroxylation is 1. The highest BCUT2D eigenvalue weighted by Gasteiger charge is 2.21. The van der Waals surface area contributed by atoms with E-state index in [0.717, 1.165) is 16.2 Å². The molecule has 0 saturated heterocycles. The van der Waals surface area contributed by atoms with Crippen LogP contribution in [0.25, 0.3) is 6.08 Å². The van der Waals surface area contributed by atoms with Crippen LogP contribution in [-0.2, 0) is 34.8 Å². The van der Waals surface area contributed by atoms with Crippen molar-refractivity contribution in [1.82, 2.24) is 14.5 Å². The van der Waals surface area contributed by atoms with Crippen LogP contribution in [-0.4, -0.2) is 33.7 Å². The van der Waals surface area contributed by atoms with Gasteiger partial charge in [0.15, 0.2) is 0 Å². The molecule has 0 saturated carbocycles. The molecule has 0 aliphatic rings. The van der Waals surface area contributed by atoms with E-state index in [-0.39, 0.29) is 18.6 Å².